The van der Waals surface area contributed by atoms with E-state index in [0.29, 0.717) is 31.0 Å². The fraction of sp³-hybridized carbons (Fsp3) is 0.500. The van der Waals surface area contributed by atoms with E-state index in [0.717, 1.165) is 24.1 Å². The molecule has 0 bridgehead atoms. The van der Waals surface area contributed by atoms with Gasteiger partial charge in [0.1, 0.15) is 0 Å². The molecular formula is C20H23N3O4S. The third-order valence-electron chi connectivity index (χ3n) is 6.43. The molecule has 2 amide bonds. The zero-order chi connectivity index (χ0) is 19.6. The van der Waals surface area contributed by atoms with Gasteiger partial charge in [-0.1, -0.05) is 6.58 Å². The van der Waals surface area contributed by atoms with E-state index in [1.807, 2.05) is 0 Å². The third-order valence-corrected chi connectivity index (χ3v) is 8.26. The monoisotopic (exact) mass is 401 g/mol. The van der Waals surface area contributed by atoms with Crippen LogP contribution in [-0.2, 0) is 26.0 Å². The maximum Gasteiger partial charge on any atom is 0.243 e. The molecule has 2 unspecified atom stereocenters. The molecule has 1 aromatic carbocycles. The Morgan fingerprint density at radius 3 is 2.54 bits per heavy atom. The summed E-state index contributed by atoms with van der Waals surface area (Å²) in [6.07, 6.45) is 3.85. The summed E-state index contributed by atoms with van der Waals surface area (Å²) in [4.78, 5) is 25.9. The lowest BCUT2D eigenvalue weighted by molar-refractivity contribution is -0.119. The molecule has 2 aliphatic carbocycles. The topological polar surface area (TPSA) is 86.8 Å². The van der Waals surface area contributed by atoms with Gasteiger partial charge in [0.25, 0.3) is 0 Å². The maximum atomic E-state index is 13.1. The average molecular weight is 401 g/mol. The molecule has 2 heterocycles. The minimum absolute atomic E-state index is 0.0546. The highest BCUT2D eigenvalue weighted by atomic mass is 32.2. The van der Waals surface area contributed by atoms with E-state index in [1.165, 1.54) is 10.4 Å². The number of nitrogens with zero attached hydrogens (tertiary/aromatic N) is 2. The Bertz CT molecular complexity index is 973. The van der Waals surface area contributed by atoms with Crippen molar-refractivity contribution in [1.29, 1.82) is 0 Å². The number of piperidine rings is 1. The summed E-state index contributed by atoms with van der Waals surface area (Å²) >= 11 is 0. The van der Waals surface area contributed by atoms with Crippen LogP contribution in [0.4, 0.5) is 5.69 Å². The minimum atomic E-state index is -3.56. The highest BCUT2D eigenvalue weighted by molar-refractivity contribution is 7.89. The van der Waals surface area contributed by atoms with E-state index in [2.05, 4.69) is 11.9 Å². The van der Waals surface area contributed by atoms with Crippen molar-refractivity contribution in [3.63, 3.8) is 0 Å². The van der Waals surface area contributed by atoms with Gasteiger partial charge in [-0.25, -0.2) is 8.42 Å². The summed E-state index contributed by atoms with van der Waals surface area (Å²) in [6.45, 7) is 4.93. The van der Waals surface area contributed by atoms with E-state index in [-0.39, 0.29) is 35.6 Å². The summed E-state index contributed by atoms with van der Waals surface area (Å²) in [6, 6.07) is 5.18. The zero-order valence-corrected chi connectivity index (χ0v) is 16.3. The van der Waals surface area contributed by atoms with Crippen molar-refractivity contribution in [1.82, 2.24) is 9.62 Å². The Labute approximate surface area is 164 Å². The lowest BCUT2D eigenvalue weighted by Crippen LogP contribution is -2.37. The highest BCUT2D eigenvalue weighted by Crippen LogP contribution is 2.47. The molecule has 0 spiro atoms. The molecule has 5 rings (SSSR count). The average Bonchev–Trinajstić information content (AvgIpc) is 3.54. The van der Waals surface area contributed by atoms with Gasteiger partial charge in [0.15, 0.2) is 0 Å². The van der Waals surface area contributed by atoms with Gasteiger partial charge in [0.05, 0.1) is 4.90 Å². The normalized spacial score (nSPS) is 28.6. The second kappa shape index (κ2) is 6.15. The van der Waals surface area contributed by atoms with Crippen LogP contribution >= 0.6 is 0 Å². The minimum Gasteiger partial charge on any atom is -0.349 e. The molecule has 2 aliphatic heterocycles. The number of carbonyl (C=O) groups excluding carboxylic acids is 2. The van der Waals surface area contributed by atoms with Crippen LogP contribution in [0, 0.1) is 17.8 Å². The molecule has 148 valence electrons. The van der Waals surface area contributed by atoms with Crippen molar-refractivity contribution in [3.8, 4) is 0 Å². The van der Waals surface area contributed by atoms with Crippen LogP contribution < -0.4 is 10.2 Å². The standard InChI is InChI=1S/C20H23N3O4S/c1-2-18(24)21-19-15-10-22(11-16(15)19)28(26,27)14-5-6-17-13(9-14)7-8-23(17)20(25)12-3-4-12/h2,5-6,9,12,15-16,19H,1,3-4,7-8,10-11H2,(H,21,24). The molecule has 1 aromatic rings. The Hall–Kier alpha value is -2.19. The van der Waals surface area contributed by atoms with Crippen LogP contribution in [-0.4, -0.2) is 50.2 Å². The van der Waals surface area contributed by atoms with Crippen molar-refractivity contribution < 1.29 is 18.0 Å². The smallest absolute Gasteiger partial charge is 0.243 e. The maximum absolute atomic E-state index is 13.1. The van der Waals surface area contributed by atoms with Gasteiger partial charge in [0, 0.05) is 37.3 Å². The molecule has 2 saturated carbocycles. The molecule has 7 nitrogen and oxygen atoms in total. The van der Waals surface area contributed by atoms with E-state index >= 15 is 0 Å². The van der Waals surface area contributed by atoms with Gasteiger partial charge in [-0.2, -0.15) is 4.31 Å². The van der Waals surface area contributed by atoms with E-state index < -0.39 is 10.0 Å². The first-order valence-electron chi connectivity index (χ1n) is 9.77. The Morgan fingerprint density at radius 1 is 1.18 bits per heavy atom. The summed E-state index contributed by atoms with van der Waals surface area (Å²) in [5.74, 6) is 0.471. The van der Waals surface area contributed by atoms with Crippen molar-refractivity contribution in [2.75, 3.05) is 24.5 Å². The predicted molar refractivity (Wildman–Crippen MR) is 103 cm³/mol. The molecule has 2 atom stereocenters. The summed E-state index contributed by atoms with van der Waals surface area (Å²) in [5, 5.41) is 2.86. The van der Waals surface area contributed by atoms with E-state index in [9.17, 15) is 18.0 Å². The van der Waals surface area contributed by atoms with Gasteiger partial charge < -0.3 is 10.2 Å². The first-order valence-corrected chi connectivity index (χ1v) is 11.2. The molecule has 1 saturated heterocycles. The van der Waals surface area contributed by atoms with Gasteiger partial charge in [-0.3, -0.25) is 9.59 Å². The van der Waals surface area contributed by atoms with Gasteiger partial charge in [-0.05, 0) is 60.9 Å². The van der Waals surface area contributed by atoms with Crippen molar-refractivity contribution in [2.24, 2.45) is 17.8 Å². The van der Waals surface area contributed by atoms with Gasteiger partial charge >= 0.3 is 0 Å². The Morgan fingerprint density at radius 2 is 1.89 bits per heavy atom. The fourth-order valence-electron chi connectivity index (χ4n) is 4.59. The lowest BCUT2D eigenvalue weighted by atomic mass is 10.2. The number of carbonyl (C=O) groups is 2. The van der Waals surface area contributed by atoms with Crippen LogP contribution in [0.3, 0.4) is 0 Å². The number of hydrogen-bond acceptors (Lipinski definition) is 4. The lowest BCUT2D eigenvalue weighted by Gasteiger charge is -2.21. The van der Waals surface area contributed by atoms with E-state index in [1.54, 1.807) is 23.1 Å². The van der Waals surface area contributed by atoms with E-state index in [4.69, 9.17) is 0 Å². The van der Waals surface area contributed by atoms with Crippen LogP contribution in [0.5, 0.6) is 0 Å². The Balaban J connectivity index is 1.30. The summed E-state index contributed by atoms with van der Waals surface area (Å²) in [5.41, 5.74) is 1.78. The zero-order valence-electron chi connectivity index (χ0n) is 15.5. The first-order chi connectivity index (χ1) is 13.4. The number of fused-ring (bicyclic) bond motifs is 2. The molecular weight excluding hydrogens is 378 g/mol. The summed E-state index contributed by atoms with van der Waals surface area (Å²) in [7, 11) is -3.56. The highest BCUT2D eigenvalue weighted by Gasteiger charge is 2.58. The van der Waals surface area contributed by atoms with Gasteiger partial charge in [0.2, 0.25) is 21.8 Å². The second-order valence-electron chi connectivity index (χ2n) is 8.19. The quantitative estimate of drug-likeness (QED) is 0.743. The molecule has 0 radical (unpaired) electrons. The van der Waals surface area contributed by atoms with Crippen molar-refractivity contribution >= 4 is 27.5 Å². The number of sulfonamides is 1. The van der Waals surface area contributed by atoms with Crippen LogP contribution in [0.1, 0.15) is 18.4 Å². The third kappa shape index (κ3) is 2.78. The SMILES string of the molecule is C=CC(=O)NC1C2CN(S(=O)(=O)c3ccc4c(c3)CCN4C(=O)C3CC3)CC21. The Kier molecular flexibility index (Phi) is 3.93. The number of benzene rings is 1. The summed E-state index contributed by atoms with van der Waals surface area (Å²) < 4.78 is 27.6. The van der Waals surface area contributed by atoms with Crippen molar-refractivity contribution in [3.05, 3.63) is 36.4 Å². The number of rotatable bonds is 5. The number of nitrogens with one attached hydrogen (secondary N) is 1. The molecule has 1 N–H and O–H groups in total. The van der Waals surface area contributed by atoms with Crippen LogP contribution in [0.15, 0.2) is 35.7 Å². The molecule has 28 heavy (non-hydrogen) atoms. The fourth-order valence-corrected chi connectivity index (χ4v) is 6.15. The predicted octanol–water partition coefficient (Wildman–Crippen LogP) is 0.907. The number of hydrogen-bond donors (Lipinski definition) is 1. The number of amides is 2. The second-order valence-corrected chi connectivity index (χ2v) is 10.1. The molecule has 4 aliphatic rings. The molecule has 3 fully saturated rings. The molecule has 0 aromatic heterocycles. The van der Waals surface area contributed by atoms with Crippen molar-refractivity contribution in [2.45, 2.75) is 30.2 Å². The molecule has 8 heteroatoms. The largest absolute Gasteiger partial charge is 0.349 e. The number of anilines is 1. The van der Waals surface area contributed by atoms with Crippen LogP contribution in [0.25, 0.3) is 0 Å². The first kappa shape index (κ1) is 17.9. The van der Waals surface area contributed by atoms with Gasteiger partial charge in [-0.15, -0.1) is 0 Å². The van der Waals surface area contributed by atoms with Crippen LogP contribution in [0.2, 0.25) is 0 Å².